The number of hydrogen-bond donors (Lipinski definition) is 0. The number of esters is 1. The molecule has 32 heavy (non-hydrogen) atoms. The topological polar surface area (TPSA) is 26.3 Å². The molecule has 2 aromatic rings. The number of carbonyl (C=O) groups is 1. The molecule has 0 spiro atoms. The zero-order valence-electron chi connectivity index (χ0n) is 18.4. The van der Waals surface area contributed by atoms with Crippen LogP contribution in [-0.2, 0) is 29.0 Å². The van der Waals surface area contributed by atoms with E-state index in [4.69, 9.17) is 16.3 Å². The monoisotopic (exact) mass is 462 g/mol. The highest BCUT2D eigenvalue weighted by molar-refractivity contribution is 6.30. The number of allylic oxidation sites excluding steroid dienone is 2. The Morgan fingerprint density at radius 1 is 1.06 bits per heavy atom. The van der Waals surface area contributed by atoms with Gasteiger partial charge in [0.2, 0.25) is 0 Å². The van der Waals surface area contributed by atoms with Crippen LogP contribution in [0.4, 0.5) is 13.2 Å². The summed E-state index contributed by atoms with van der Waals surface area (Å²) in [4.78, 5) is 12.8. The van der Waals surface area contributed by atoms with E-state index in [1.54, 1.807) is 13.8 Å². The van der Waals surface area contributed by atoms with Crippen LogP contribution >= 0.6 is 11.6 Å². The molecule has 0 bridgehead atoms. The van der Waals surface area contributed by atoms with Crippen molar-refractivity contribution in [2.75, 3.05) is 0 Å². The van der Waals surface area contributed by atoms with Crippen LogP contribution in [0.3, 0.4) is 0 Å². The number of ether oxygens (including phenoxy) is 1. The van der Waals surface area contributed by atoms with Crippen molar-refractivity contribution in [2.24, 2.45) is 17.3 Å². The van der Waals surface area contributed by atoms with Gasteiger partial charge in [-0.1, -0.05) is 67.9 Å². The van der Waals surface area contributed by atoms with Gasteiger partial charge in [-0.3, -0.25) is 4.79 Å². The molecule has 0 aromatic heterocycles. The van der Waals surface area contributed by atoms with Crippen molar-refractivity contribution < 1.29 is 22.7 Å². The Morgan fingerprint density at radius 2 is 1.75 bits per heavy atom. The molecular weight excluding hydrogens is 437 g/mol. The van der Waals surface area contributed by atoms with Gasteiger partial charge in [-0.05, 0) is 65.0 Å². The predicted molar refractivity (Wildman–Crippen MR) is 119 cm³/mol. The highest BCUT2D eigenvalue weighted by Gasteiger charge is 2.64. The van der Waals surface area contributed by atoms with E-state index in [9.17, 15) is 18.0 Å². The van der Waals surface area contributed by atoms with E-state index in [1.807, 2.05) is 24.3 Å². The smallest absolute Gasteiger partial charge is 0.426 e. The molecule has 2 nitrogen and oxygen atoms in total. The zero-order chi connectivity index (χ0) is 23.3. The van der Waals surface area contributed by atoms with Crippen LogP contribution in [-0.4, -0.2) is 12.1 Å². The summed E-state index contributed by atoms with van der Waals surface area (Å²) in [5.74, 6) is -1.69. The Kier molecular flexibility index (Phi) is 5.91. The molecular formula is C26H26ClF3O2. The van der Waals surface area contributed by atoms with E-state index >= 15 is 0 Å². The maximum Gasteiger partial charge on any atom is 0.426 e. The van der Waals surface area contributed by atoms with Gasteiger partial charge in [-0.2, -0.15) is 13.2 Å². The fourth-order valence-electron chi connectivity index (χ4n) is 5.26. The first kappa shape index (κ1) is 22.9. The normalized spacial score (nSPS) is 22.2. The summed E-state index contributed by atoms with van der Waals surface area (Å²) in [6.45, 7) is 5.02. The lowest BCUT2D eigenvalue weighted by molar-refractivity contribution is -0.147. The molecule has 0 heterocycles. The fourth-order valence-corrected chi connectivity index (χ4v) is 5.38. The maximum absolute atomic E-state index is 13.0. The van der Waals surface area contributed by atoms with Crippen LogP contribution < -0.4 is 0 Å². The number of hydrogen-bond acceptors (Lipinski definition) is 2. The number of carbonyl (C=O) groups excluding carboxylic acids is 1. The van der Waals surface area contributed by atoms with Crippen molar-refractivity contribution in [3.05, 3.63) is 69.8 Å². The second-order valence-electron chi connectivity index (χ2n) is 9.33. The quantitative estimate of drug-likeness (QED) is 0.448. The van der Waals surface area contributed by atoms with Gasteiger partial charge >= 0.3 is 12.1 Å². The molecule has 170 valence electrons. The Labute approximate surface area is 191 Å². The molecule has 6 heteroatoms. The number of alkyl halides is 3. The minimum absolute atomic E-state index is 0.00342. The summed E-state index contributed by atoms with van der Waals surface area (Å²) in [5, 5.41) is -1.14. The van der Waals surface area contributed by atoms with Crippen LogP contribution in [0.2, 0.25) is 0 Å². The van der Waals surface area contributed by atoms with Gasteiger partial charge in [0.1, 0.15) is 11.6 Å². The highest BCUT2D eigenvalue weighted by atomic mass is 35.5. The van der Waals surface area contributed by atoms with E-state index in [1.165, 1.54) is 23.6 Å². The van der Waals surface area contributed by atoms with Crippen LogP contribution in [0.1, 0.15) is 43.9 Å². The number of fused-ring (bicyclic) bond motifs is 3. The molecule has 2 aromatic carbocycles. The second kappa shape index (κ2) is 8.26. The summed E-state index contributed by atoms with van der Waals surface area (Å²) in [5.41, 5.74) is 5.17. The van der Waals surface area contributed by atoms with Crippen molar-refractivity contribution in [3.8, 4) is 11.1 Å². The lowest BCUT2D eigenvalue weighted by Gasteiger charge is -2.14. The van der Waals surface area contributed by atoms with Gasteiger partial charge < -0.3 is 4.74 Å². The third kappa shape index (κ3) is 4.07. The molecule has 1 saturated carbocycles. The number of rotatable bonds is 4. The van der Waals surface area contributed by atoms with E-state index in [0.717, 1.165) is 30.4 Å². The summed E-state index contributed by atoms with van der Waals surface area (Å²) in [6, 6.07) is 14.4. The first-order valence-electron chi connectivity index (χ1n) is 10.8. The third-order valence-electron chi connectivity index (χ3n) is 6.97. The fraction of sp³-hybridized carbons (Fsp3) is 0.423. The number of halogens is 4. The number of aryl methyl sites for hydroxylation is 1. The Balaban J connectivity index is 1.53. The van der Waals surface area contributed by atoms with Gasteiger partial charge in [-0.25, -0.2) is 0 Å². The van der Waals surface area contributed by atoms with Gasteiger partial charge in [0.25, 0.3) is 0 Å². The lowest BCUT2D eigenvalue weighted by atomic mass is 9.93. The van der Waals surface area contributed by atoms with E-state index in [2.05, 4.69) is 18.2 Å². The Hall–Kier alpha value is -2.27. The van der Waals surface area contributed by atoms with Crippen LogP contribution in [0, 0.1) is 17.3 Å². The number of benzene rings is 2. The molecule has 1 fully saturated rings. The Morgan fingerprint density at radius 3 is 2.47 bits per heavy atom. The molecule has 4 rings (SSSR count). The van der Waals surface area contributed by atoms with Crippen LogP contribution in [0.15, 0.2) is 53.1 Å². The molecule has 2 unspecified atom stereocenters. The van der Waals surface area contributed by atoms with E-state index < -0.39 is 34.4 Å². The first-order chi connectivity index (χ1) is 15.0. The summed E-state index contributed by atoms with van der Waals surface area (Å²) in [6.07, 6.45) is -1.73. The molecule has 2 aliphatic carbocycles. The average molecular weight is 463 g/mol. The van der Waals surface area contributed by atoms with Crippen LogP contribution in [0.25, 0.3) is 11.1 Å². The van der Waals surface area contributed by atoms with E-state index in [-0.39, 0.29) is 12.2 Å². The molecule has 0 N–H and O–H groups in total. The third-order valence-corrected chi connectivity index (χ3v) is 7.48. The molecule has 0 aliphatic heterocycles. The molecule has 2 aliphatic rings. The zero-order valence-corrected chi connectivity index (χ0v) is 19.1. The average Bonchev–Trinajstić information content (AvgIpc) is 3.38. The van der Waals surface area contributed by atoms with Gasteiger partial charge in [0.15, 0.2) is 0 Å². The minimum atomic E-state index is -4.61. The van der Waals surface area contributed by atoms with Crippen molar-refractivity contribution >= 4 is 17.6 Å². The van der Waals surface area contributed by atoms with Gasteiger partial charge in [0, 0.05) is 5.92 Å². The summed E-state index contributed by atoms with van der Waals surface area (Å²) < 4.78 is 44.7. The van der Waals surface area contributed by atoms with Crippen molar-refractivity contribution in [1.29, 1.82) is 0 Å². The summed E-state index contributed by atoms with van der Waals surface area (Å²) >= 11 is 5.55. The van der Waals surface area contributed by atoms with Gasteiger partial charge in [-0.15, -0.1) is 0 Å². The second-order valence-corrected chi connectivity index (χ2v) is 9.71. The van der Waals surface area contributed by atoms with Gasteiger partial charge in [0.05, 0.1) is 5.92 Å². The standard InChI is InChI=1S/C26H26ClF3O2/c1-15(23(27)26(28,29)30)21-22(25(21,2)3)24(31)32-14-17-10-7-13-20-18-11-5-4-8-16(18)9-6-12-19(17)20/h4-5,7-8,10-11,13,21-22H,6,9,12,14H2,1-3H3. The minimum Gasteiger partial charge on any atom is -0.461 e. The van der Waals surface area contributed by atoms with Crippen LogP contribution in [0.5, 0.6) is 0 Å². The first-order valence-corrected chi connectivity index (χ1v) is 11.2. The predicted octanol–water partition coefficient (Wildman–Crippen LogP) is 7.23. The maximum atomic E-state index is 13.0. The molecule has 0 radical (unpaired) electrons. The van der Waals surface area contributed by atoms with Crippen molar-refractivity contribution in [2.45, 2.75) is 52.8 Å². The lowest BCUT2D eigenvalue weighted by Crippen LogP contribution is -2.13. The van der Waals surface area contributed by atoms with E-state index in [0.29, 0.717) is 0 Å². The largest absolute Gasteiger partial charge is 0.461 e. The molecule has 0 amide bonds. The molecule has 0 saturated heterocycles. The van der Waals surface area contributed by atoms with Crippen molar-refractivity contribution in [3.63, 3.8) is 0 Å². The molecule has 2 atom stereocenters. The van der Waals surface area contributed by atoms with Crippen molar-refractivity contribution in [1.82, 2.24) is 0 Å². The SMILES string of the molecule is CC(=C(Cl)C(F)(F)F)C1C(C(=O)OCc2cccc3c2CCCc2ccccc2-3)C1(C)C. The summed E-state index contributed by atoms with van der Waals surface area (Å²) in [7, 11) is 0. The Bertz CT molecular complexity index is 1080. The highest BCUT2D eigenvalue weighted by Crippen LogP contribution is 2.63.